The summed E-state index contributed by atoms with van der Waals surface area (Å²) in [5, 5.41) is 0. The van der Waals surface area contributed by atoms with Gasteiger partial charge in [-0.2, -0.15) is 0 Å². The number of allylic oxidation sites excluding steroid dienone is 1. The van der Waals surface area contributed by atoms with Crippen LogP contribution in [0.3, 0.4) is 0 Å². The van der Waals surface area contributed by atoms with Crippen molar-refractivity contribution in [1.29, 1.82) is 0 Å². The quantitative estimate of drug-likeness (QED) is 0.208. The molecule has 0 unspecified atom stereocenters. The number of benzene rings is 3. The largest absolute Gasteiger partial charge is 0.423 e. The molecule has 4 heteroatoms. The second-order valence-electron chi connectivity index (χ2n) is 5.94. The van der Waals surface area contributed by atoms with Crippen molar-refractivity contribution in [2.75, 3.05) is 0 Å². The number of hydrogen-bond donors (Lipinski definition) is 0. The molecular formula is C24H17BrO3. The third-order valence-electron chi connectivity index (χ3n) is 3.87. The van der Waals surface area contributed by atoms with Crippen LogP contribution in [0, 0.1) is 0 Å². The van der Waals surface area contributed by atoms with Crippen LogP contribution in [0.5, 0.6) is 5.75 Å². The second kappa shape index (κ2) is 9.62. The standard InChI is InChI=1S/C24H17BrO3/c25-21-12-10-20(11-13-21)23(26)16-8-19-6-14-22(15-7-19)28-24(27)17-9-18-4-2-1-3-5-18/h1-17H/b16-8+,17-9+. The van der Waals surface area contributed by atoms with E-state index in [2.05, 4.69) is 15.9 Å². The number of halogens is 1. The van der Waals surface area contributed by atoms with Crippen molar-refractivity contribution in [3.8, 4) is 5.75 Å². The molecule has 0 aliphatic carbocycles. The fourth-order valence-electron chi connectivity index (χ4n) is 2.41. The highest BCUT2D eigenvalue weighted by molar-refractivity contribution is 9.10. The summed E-state index contributed by atoms with van der Waals surface area (Å²) in [7, 11) is 0. The van der Waals surface area contributed by atoms with Gasteiger partial charge in [0.25, 0.3) is 0 Å². The Balaban J connectivity index is 1.57. The highest BCUT2D eigenvalue weighted by Gasteiger charge is 2.02. The summed E-state index contributed by atoms with van der Waals surface area (Å²) in [6.45, 7) is 0. The van der Waals surface area contributed by atoms with Crippen LogP contribution < -0.4 is 4.74 Å². The molecule has 0 amide bonds. The minimum Gasteiger partial charge on any atom is -0.423 e. The van der Waals surface area contributed by atoms with Crippen molar-refractivity contribution in [3.05, 3.63) is 112 Å². The Bertz CT molecular complexity index is 1000. The van der Waals surface area contributed by atoms with Crippen molar-refractivity contribution < 1.29 is 14.3 Å². The summed E-state index contributed by atoms with van der Waals surface area (Å²) >= 11 is 3.35. The minimum atomic E-state index is -0.447. The predicted octanol–water partition coefficient (Wildman–Crippen LogP) is 5.96. The van der Waals surface area contributed by atoms with Crippen molar-refractivity contribution in [1.82, 2.24) is 0 Å². The molecule has 3 rings (SSSR count). The van der Waals surface area contributed by atoms with Gasteiger partial charge < -0.3 is 4.74 Å². The topological polar surface area (TPSA) is 43.4 Å². The second-order valence-corrected chi connectivity index (χ2v) is 6.85. The lowest BCUT2D eigenvalue weighted by atomic mass is 10.1. The van der Waals surface area contributed by atoms with E-state index in [-0.39, 0.29) is 5.78 Å². The van der Waals surface area contributed by atoms with Crippen molar-refractivity contribution in [2.24, 2.45) is 0 Å². The van der Waals surface area contributed by atoms with Gasteiger partial charge in [0, 0.05) is 16.1 Å². The Labute approximate surface area is 172 Å². The SMILES string of the molecule is O=C(/C=C/c1ccccc1)Oc1ccc(/C=C/C(=O)c2ccc(Br)cc2)cc1. The van der Waals surface area contributed by atoms with Gasteiger partial charge in [-0.15, -0.1) is 0 Å². The molecule has 138 valence electrons. The third-order valence-corrected chi connectivity index (χ3v) is 4.39. The van der Waals surface area contributed by atoms with Crippen LogP contribution in [0.15, 0.2) is 95.5 Å². The van der Waals surface area contributed by atoms with Crippen LogP contribution in [-0.2, 0) is 4.79 Å². The molecule has 28 heavy (non-hydrogen) atoms. The van der Waals surface area contributed by atoms with E-state index >= 15 is 0 Å². The summed E-state index contributed by atoms with van der Waals surface area (Å²) in [5.41, 5.74) is 2.38. The van der Waals surface area contributed by atoms with Gasteiger partial charge in [0.1, 0.15) is 5.75 Å². The maximum Gasteiger partial charge on any atom is 0.336 e. The molecule has 0 aromatic heterocycles. The molecule has 3 nitrogen and oxygen atoms in total. The Kier molecular flexibility index (Phi) is 6.71. The average molecular weight is 433 g/mol. The van der Waals surface area contributed by atoms with Crippen molar-refractivity contribution in [3.63, 3.8) is 0 Å². The molecule has 3 aromatic rings. The Morgan fingerprint density at radius 1 is 0.714 bits per heavy atom. The van der Waals surface area contributed by atoms with Gasteiger partial charge in [0.05, 0.1) is 0 Å². The molecule has 0 radical (unpaired) electrons. The lowest BCUT2D eigenvalue weighted by Gasteiger charge is -2.02. The summed E-state index contributed by atoms with van der Waals surface area (Å²) < 4.78 is 6.20. The number of rotatable bonds is 6. The van der Waals surface area contributed by atoms with Crippen LogP contribution >= 0.6 is 15.9 Å². The van der Waals surface area contributed by atoms with Gasteiger partial charge in [-0.25, -0.2) is 4.79 Å². The minimum absolute atomic E-state index is 0.0750. The lowest BCUT2D eigenvalue weighted by molar-refractivity contribution is -0.128. The number of ether oxygens (including phenoxy) is 1. The maximum atomic E-state index is 12.2. The van der Waals surface area contributed by atoms with E-state index in [1.807, 2.05) is 42.5 Å². The van der Waals surface area contributed by atoms with E-state index in [0.717, 1.165) is 15.6 Å². The summed E-state index contributed by atoms with van der Waals surface area (Å²) in [6.07, 6.45) is 6.34. The molecule has 0 N–H and O–H groups in total. The van der Waals surface area contributed by atoms with Crippen LogP contribution in [0.4, 0.5) is 0 Å². The van der Waals surface area contributed by atoms with Crippen molar-refractivity contribution >= 4 is 39.8 Å². The normalized spacial score (nSPS) is 11.0. The highest BCUT2D eigenvalue weighted by atomic mass is 79.9. The zero-order valence-corrected chi connectivity index (χ0v) is 16.5. The summed E-state index contributed by atoms with van der Waals surface area (Å²) in [6, 6.07) is 23.7. The van der Waals surface area contributed by atoms with Crippen LogP contribution in [0.2, 0.25) is 0 Å². The first-order valence-electron chi connectivity index (χ1n) is 8.63. The van der Waals surface area contributed by atoms with E-state index in [1.54, 1.807) is 48.6 Å². The molecule has 0 heterocycles. The molecule has 0 aliphatic heterocycles. The number of carbonyl (C=O) groups is 2. The fourth-order valence-corrected chi connectivity index (χ4v) is 2.67. The molecule has 0 fully saturated rings. The number of hydrogen-bond acceptors (Lipinski definition) is 3. The number of carbonyl (C=O) groups excluding carboxylic acids is 2. The Morgan fingerprint density at radius 2 is 1.32 bits per heavy atom. The highest BCUT2D eigenvalue weighted by Crippen LogP contribution is 2.15. The lowest BCUT2D eigenvalue weighted by Crippen LogP contribution is -2.03. The predicted molar refractivity (Wildman–Crippen MR) is 115 cm³/mol. The first kappa shape index (κ1) is 19.5. The fraction of sp³-hybridized carbons (Fsp3) is 0. The van der Waals surface area contributed by atoms with E-state index in [9.17, 15) is 9.59 Å². The van der Waals surface area contributed by atoms with Crippen LogP contribution in [0.25, 0.3) is 12.2 Å². The molecular weight excluding hydrogens is 416 g/mol. The molecule has 0 bridgehead atoms. The smallest absolute Gasteiger partial charge is 0.336 e. The molecule has 3 aromatic carbocycles. The van der Waals surface area contributed by atoms with Gasteiger partial charge in [0.15, 0.2) is 5.78 Å². The van der Waals surface area contributed by atoms with Gasteiger partial charge in [-0.1, -0.05) is 64.5 Å². The number of ketones is 1. The van der Waals surface area contributed by atoms with Gasteiger partial charge in [-0.3, -0.25) is 4.79 Å². The summed E-state index contributed by atoms with van der Waals surface area (Å²) in [5.74, 6) is -0.0780. The van der Waals surface area contributed by atoms with E-state index < -0.39 is 5.97 Å². The first-order chi connectivity index (χ1) is 13.6. The van der Waals surface area contributed by atoms with Gasteiger partial charge >= 0.3 is 5.97 Å². The van der Waals surface area contributed by atoms with E-state index in [0.29, 0.717) is 11.3 Å². The van der Waals surface area contributed by atoms with Crippen molar-refractivity contribution in [2.45, 2.75) is 0 Å². The zero-order valence-electron chi connectivity index (χ0n) is 14.9. The zero-order chi connectivity index (χ0) is 19.8. The monoisotopic (exact) mass is 432 g/mol. The van der Waals surface area contributed by atoms with E-state index in [1.165, 1.54) is 12.2 Å². The third kappa shape index (κ3) is 5.89. The Hall–Kier alpha value is -3.24. The molecule has 0 atom stereocenters. The summed E-state index contributed by atoms with van der Waals surface area (Å²) in [4.78, 5) is 24.0. The van der Waals surface area contributed by atoms with Gasteiger partial charge in [-0.05, 0) is 59.7 Å². The Morgan fingerprint density at radius 3 is 2.00 bits per heavy atom. The first-order valence-corrected chi connectivity index (χ1v) is 9.42. The molecule has 0 spiro atoms. The maximum absolute atomic E-state index is 12.2. The van der Waals surface area contributed by atoms with Gasteiger partial charge in [0.2, 0.25) is 0 Å². The molecule has 0 saturated carbocycles. The van der Waals surface area contributed by atoms with E-state index in [4.69, 9.17) is 4.74 Å². The molecule has 0 saturated heterocycles. The van der Waals surface area contributed by atoms with Crippen LogP contribution in [0.1, 0.15) is 21.5 Å². The van der Waals surface area contributed by atoms with Crippen LogP contribution in [-0.4, -0.2) is 11.8 Å². The molecule has 0 aliphatic rings. The number of esters is 1. The average Bonchev–Trinajstić information content (AvgIpc) is 2.73.